The molecule has 1 saturated heterocycles. The summed E-state index contributed by atoms with van der Waals surface area (Å²) in [6.45, 7) is 3.13. The van der Waals surface area contributed by atoms with E-state index in [1.807, 2.05) is 4.90 Å². The van der Waals surface area contributed by atoms with Crippen molar-refractivity contribution in [2.24, 2.45) is 0 Å². The first-order valence-electron chi connectivity index (χ1n) is 14.6. The molecule has 0 atom stereocenters. The van der Waals surface area contributed by atoms with Crippen molar-refractivity contribution in [1.29, 1.82) is 0 Å². The summed E-state index contributed by atoms with van der Waals surface area (Å²) in [6, 6.07) is 15.6. The third kappa shape index (κ3) is 8.04. The number of ether oxygens (including phenoxy) is 1. The van der Waals surface area contributed by atoms with E-state index in [0.29, 0.717) is 63.3 Å². The van der Waals surface area contributed by atoms with Crippen LogP contribution in [0.2, 0.25) is 0 Å². The Hall–Kier alpha value is -2.97. The molecule has 1 N–H and O–H groups in total. The lowest BCUT2D eigenvalue weighted by Crippen LogP contribution is -2.52. The van der Waals surface area contributed by atoms with Gasteiger partial charge < -0.3 is 19.9 Å². The molecule has 0 bridgehead atoms. The number of piperazine rings is 1. The second kappa shape index (κ2) is 14.1. The number of rotatable bonds is 11. The van der Waals surface area contributed by atoms with Crippen molar-refractivity contribution < 1.29 is 18.7 Å². The van der Waals surface area contributed by atoms with Crippen molar-refractivity contribution in [3.63, 3.8) is 0 Å². The molecule has 218 valence electrons. The van der Waals surface area contributed by atoms with Gasteiger partial charge in [0.1, 0.15) is 11.6 Å². The average molecular weight is 553 g/mol. The molecule has 7 nitrogen and oxygen atoms in total. The van der Waals surface area contributed by atoms with Gasteiger partial charge in [-0.2, -0.15) is 0 Å². The van der Waals surface area contributed by atoms with Gasteiger partial charge in [0.25, 0.3) is 0 Å². The molecule has 0 radical (unpaired) electrons. The Balaban J connectivity index is 1.13. The molecule has 2 aromatic carbocycles. The minimum Gasteiger partial charge on any atom is -0.497 e. The molecule has 0 unspecified atom stereocenters. The second-order valence-electron chi connectivity index (χ2n) is 11.6. The molecule has 1 aliphatic carbocycles. The van der Waals surface area contributed by atoms with Gasteiger partial charge in [0.2, 0.25) is 11.8 Å². The quantitative estimate of drug-likeness (QED) is 0.452. The van der Waals surface area contributed by atoms with Crippen molar-refractivity contribution in [1.82, 2.24) is 20.0 Å². The van der Waals surface area contributed by atoms with Crippen LogP contribution in [0.25, 0.3) is 0 Å². The number of carbonyl (C=O) groups is 2. The summed E-state index contributed by atoms with van der Waals surface area (Å²) in [5.74, 6) is 0.537. The Morgan fingerprint density at radius 1 is 1.02 bits per heavy atom. The van der Waals surface area contributed by atoms with Gasteiger partial charge in [0.15, 0.2) is 0 Å². The molecule has 8 heteroatoms. The van der Waals surface area contributed by atoms with Crippen molar-refractivity contribution in [3.8, 4) is 5.75 Å². The molecule has 0 aromatic heterocycles. The van der Waals surface area contributed by atoms with Gasteiger partial charge >= 0.3 is 0 Å². The first-order chi connectivity index (χ1) is 19.3. The monoisotopic (exact) mass is 552 g/mol. The lowest BCUT2D eigenvalue weighted by Gasteiger charge is -2.45. The summed E-state index contributed by atoms with van der Waals surface area (Å²) in [5.41, 5.74) is 2.09. The third-order valence-corrected chi connectivity index (χ3v) is 8.77. The van der Waals surface area contributed by atoms with Crippen LogP contribution in [0, 0.1) is 5.82 Å². The van der Waals surface area contributed by atoms with Gasteiger partial charge in [-0.25, -0.2) is 4.39 Å². The van der Waals surface area contributed by atoms with Gasteiger partial charge in [-0.05, 0) is 76.4 Å². The fraction of sp³-hybridized carbons (Fsp3) is 0.562. The Bertz CT molecular complexity index is 1110. The number of carbonyl (C=O) groups excluding carboxylic acids is 2. The van der Waals surface area contributed by atoms with E-state index >= 15 is 0 Å². The molecule has 40 heavy (non-hydrogen) atoms. The van der Waals surface area contributed by atoms with Crippen LogP contribution >= 0.6 is 0 Å². The van der Waals surface area contributed by atoms with Gasteiger partial charge in [-0.3, -0.25) is 14.5 Å². The number of hydrogen-bond donors (Lipinski definition) is 1. The SMILES string of the molecule is COc1ccc(F)c(CN2CCN(C(=O)CCCC(=O)NC3CCC(Cc4ccccc4)(N(C)C)CC3)CC2)c1. The predicted molar refractivity (Wildman–Crippen MR) is 156 cm³/mol. The minimum atomic E-state index is -0.241. The van der Waals surface area contributed by atoms with Crippen LogP contribution in [0.1, 0.15) is 56.1 Å². The van der Waals surface area contributed by atoms with E-state index in [1.54, 1.807) is 19.2 Å². The smallest absolute Gasteiger partial charge is 0.222 e. The summed E-state index contributed by atoms with van der Waals surface area (Å²) in [6.07, 6.45) is 6.38. The summed E-state index contributed by atoms with van der Waals surface area (Å²) in [4.78, 5) is 31.8. The van der Waals surface area contributed by atoms with E-state index in [1.165, 1.54) is 11.6 Å². The Morgan fingerprint density at radius 3 is 2.38 bits per heavy atom. The number of nitrogens with zero attached hydrogens (tertiary/aromatic N) is 3. The summed E-state index contributed by atoms with van der Waals surface area (Å²) in [7, 11) is 5.90. The van der Waals surface area contributed by atoms with Gasteiger partial charge in [-0.1, -0.05) is 30.3 Å². The normalized spacial score (nSPS) is 21.8. The maximum Gasteiger partial charge on any atom is 0.222 e. The number of amides is 2. The maximum absolute atomic E-state index is 14.2. The van der Waals surface area contributed by atoms with E-state index in [0.717, 1.165) is 32.1 Å². The zero-order valence-electron chi connectivity index (χ0n) is 24.3. The van der Waals surface area contributed by atoms with Crippen LogP contribution < -0.4 is 10.1 Å². The number of likely N-dealkylation sites (N-methyl/N-ethyl adjacent to an activating group) is 1. The molecule has 1 saturated carbocycles. The standard InChI is InChI=1S/C32H45FN4O3/c1-35(2)32(23-25-8-5-4-6-9-25)16-14-27(15-17-32)34-30(38)10-7-11-31(39)37-20-18-36(19-21-37)24-26-22-28(40-3)12-13-29(26)33/h4-6,8-9,12-13,22,27H,7,10-11,14-21,23-24H2,1-3H3,(H,34,38). The first kappa shape index (κ1) is 30.0. The molecule has 2 amide bonds. The highest BCUT2D eigenvalue weighted by Gasteiger charge is 2.37. The highest BCUT2D eigenvalue weighted by atomic mass is 19.1. The Labute approximate surface area is 238 Å². The number of hydrogen-bond acceptors (Lipinski definition) is 5. The maximum atomic E-state index is 14.2. The van der Waals surface area contributed by atoms with Crippen LogP contribution in [0.15, 0.2) is 48.5 Å². The Kier molecular flexibility index (Phi) is 10.6. The van der Waals surface area contributed by atoms with Gasteiger partial charge in [-0.15, -0.1) is 0 Å². The van der Waals surface area contributed by atoms with Crippen LogP contribution in [-0.4, -0.2) is 85.5 Å². The highest BCUT2D eigenvalue weighted by Crippen LogP contribution is 2.35. The van der Waals surface area contributed by atoms with Crippen molar-refractivity contribution in [2.45, 2.75) is 69.5 Å². The largest absolute Gasteiger partial charge is 0.497 e. The molecular weight excluding hydrogens is 507 g/mol. The molecule has 2 fully saturated rings. The van der Waals surface area contributed by atoms with Gasteiger partial charge in [0.05, 0.1) is 7.11 Å². The van der Waals surface area contributed by atoms with Crippen molar-refractivity contribution in [3.05, 3.63) is 65.5 Å². The van der Waals surface area contributed by atoms with E-state index in [-0.39, 0.29) is 29.2 Å². The van der Waals surface area contributed by atoms with Gasteiger partial charge in [0, 0.05) is 62.7 Å². The zero-order chi connectivity index (χ0) is 28.5. The topological polar surface area (TPSA) is 65.1 Å². The van der Waals surface area contributed by atoms with E-state index in [4.69, 9.17) is 4.74 Å². The van der Waals surface area contributed by atoms with E-state index < -0.39 is 0 Å². The number of halogens is 1. The summed E-state index contributed by atoms with van der Waals surface area (Å²) >= 11 is 0. The lowest BCUT2D eigenvalue weighted by atomic mass is 9.75. The molecule has 2 aromatic rings. The van der Waals surface area contributed by atoms with E-state index in [9.17, 15) is 14.0 Å². The summed E-state index contributed by atoms with van der Waals surface area (Å²) in [5, 5.41) is 3.23. The fourth-order valence-corrected chi connectivity index (χ4v) is 6.11. The first-order valence-corrected chi connectivity index (χ1v) is 14.6. The molecule has 1 heterocycles. The average Bonchev–Trinajstić information content (AvgIpc) is 2.96. The molecular formula is C32H45FN4O3. The molecule has 2 aliphatic rings. The van der Waals surface area contributed by atoms with Crippen LogP contribution in [0.5, 0.6) is 5.75 Å². The van der Waals surface area contributed by atoms with Crippen LogP contribution in [0.4, 0.5) is 4.39 Å². The van der Waals surface area contributed by atoms with Crippen LogP contribution in [-0.2, 0) is 22.6 Å². The number of benzene rings is 2. The molecule has 0 spiro atoms. The fourth-order valence-electron chi connectivity index (χ4n) is 6.11. The van der Waals surface area contributed by atoms with Crippen molar-refractivity contribution in [2.75, 3.05) is 47.4 Å². The Morgan fingerprint density at radius 2 is 1.73 bits per heavy atom. The highest BCUT2D eigenvalue weighted by molar-refractivity contribution is 5.79. The predicted octanol–water partition coefficient (Wildman–Crippen LogP) is 4.25. The van der Waals surface area contributed by atoms with Crippen molar-refractivity contribution >= 4 is 11.8 Å². The lowest BCUT2D eigenvalue weighted by molar-refractivity contribution is -0.133. The van der Waals surface area contributed by atoms with E-state index in [2.05, 4.69) is 59.5 Å². The molecule has 1 aliphatic heterocycles. The molecule has 4 rings (SSSR count). The zero-order valence-corrected chi connectivity index (χ0v) is 24.3. The summed E-state index contributed by atoms with van der Waals surface area (Å²) < 4.78 is 19.4. The van der Waals surface area contributed by atoms with Crippen LogP contribution in [0.3, 0.4) is 0 Å². The minimum absolute atomic E-state index is 0.0448. The number of methoxy groups -OCH3 is 1. The second-order valence-corrected chi connectivity index (χ2v) is 11.6. The third-order valence-electron chi connectivity index (χ3n) is 8.77. The number of nitrogens with one attached hydrogen (secondary N) is 1.